The lowest BCUT2D eigenvalue weighted by Crippen LogP contribution is -2.14. The van der Waals surface area contributed by atoms with Crippen LogP contribution < -0.4 is 10.1 Å². The molecule has 5 nitrogen and oxygen atoms in total. The number of benzene rings is 1. The molecule has 116 valence electrons. The van der Waals surface area contributed by atoms with Crippen LogP contribution in [0.2, 0.25) is 0 Å². The zero-order valence-electron chi connectivity index (χ0n) is 12.7. The average Bonchev–Trinajstić information content (AvgIpc) is 3.40. The molecule has 1 aliphatic rings. The number of anilines is 1. The molecule has 1 aliphatic carbocycles. The fourth-order valence-electron chi connectivity index (χ4n) is 2.46. The number of hydrogen-bond acceptors (Lipinski definition) is 5. The minimum Gasteiger partial charge on any atom is -0.497 e. The van der Waals surface area contributed by atoms with E-state index in [0.29, 0.717) is 12.3 Å². The Kier molecular flexibility index (Phi) is 4.53. The number of methoxy groups -OCH3 is 1. The Morgan fingerprint density at radius 1 is 1.27 bits per heavy atom. The molecule has 0 amide bonds. The van der Waals surface area contributed by atoms with Crippen molar-refractivity contribution in [3.63, 3.8) is 0 Å². The lowest BCUT2D eigenvalue weighted by atomic mass is 10.0. The van der Waals surface area contributed by atoms with Gasteiger partial charge in [0.15, 0.2) is 0 Å². The number of aromatic nitrogens is 2. The SMILES string of the molecule is COc1ccc(C(CCO)Nc2ccnc(C3CC3)n2)cc1. The number of aliphatic hydroxyl groups excluding tert-OH is 1. The van der Waals surface area contributed by atoms with E-state index in [4.69, 9.17) is 4.74 Å². The van der Waals surface area contributed by atoms with E-state index in [0.717, 1.165) is 23.0 Å². The Labute approximate surface area is 130 Å². The van der Waals surface area contributed by atoms with Gasteiger partial charge in [0, 0.05) is 18.7 Å². The quantitative estimate of drug-likeness (QED) is 0.823. The molecule has 1 saturated carbocycles. The van der Waals surface area contributed by atoms with Gasteiger partial charge in [0.05, 0.1) is 13.2 Å². The maximum Gasteiger partial charge on any atom is 0.133 e. The molecule has 1 heterocycles. The van der Waals surface area contributed by atoms with Crippen LogP contribution in [0.15, 0.2) is 36.5 Å². The molecule has 2 N–H and O–H groups in total. The van der Waals surface area contributed by atoms with Crippen LogP contribution in [0.4, 0.5) is 5.82 Å². The van der Waals surface area contributed by atoms with Gasteiger partial charge in [-0.1, -0.05) is 12.1 Å². The summed E-state index contributed by atoms with van der Waals surface area (Å²) in [6.07, 6.45) is 4.78. The Hall–Kier alpha value is -2.14. The fourth-order valence-corrected chi connectivity index (χ4v) is 2.46. The summed E-state index contributed by atoms with van der Waals surface area (Å²) < 4.78 is 5.19. The van der Waals surface area contributed by atoms with E-state index < -0.39 is 0 Å². The van der Waals surface area contributed by atoms with E-state index in [-0.39, 0.29) is 12.6 Å². The van der Waals surface area contributed by atoms with Crippen LogP contribution >= 0.6 is 0 Å². The second-order valence-corrected chi connectivity index (χ2v) is 5.56. The Bertz CT molecular complexity index is 612. The van der Waals surface area contributed by atoms with Crippen LogP contribution in [0.5, 0.6) is 5.75 Å². The molecule has 1 atom stereocenters. The molecular weight excluding hydrogens is 278 g/mol. The predicted molar refractivity (Wildman–Crippen MR) is 85.1 cm³/mol. The molecule has 5 heteroatoms. The molecule has 1 aromatic carbocycles. The summed E-state index contributed by atoms with van der Waals surface area (Å²) in [5, 5.41) is 12.7. The standard InChI is InChI=1S/C17H21N3O2/c1-22-14-6-4-12(5-7-14)15(9-11-21)19-16-8-10-18-17(20-16)13-2-3-13/h4-8,10,13,15,21H,2-3,9,11H2,1H3,(H,18,19,20). The third kappa shape index (κ3) is 3.54. The van der Waals surface area contributed by atoms with Crippen molar-refractivity contribution in [2.75, 3.05) is 19.0 Å². The highest BCUT2D eigenvalue weighted by molar-refractivity contribution is 5.39. The summed E-state index contributed by atoms with van der Waals surface area (Å²) in [5.41, 5.74) is 1.10. The van der Waals surface area contributed by atoms with Gasteiger partial charge >= 0.3 is 0 Å². The minimum atomic E-state index is 0.0119. The molecule has 22 heavy (non-hydrogen) atoms. The molecule has 1 aromatic heterocycles. The van der Waals surface area contributed by atoms with Gasteiger partial charge in [0.1, 0.15) is 17.4 Å². The minimum absolute atomic E-state index is 0.0119. The van der Waals surface area contributed by atoms with Crippen LogP contribution in [0.25, 0.3) is 0 Å². The van der Waals surface area contributed by atoms with Crippen LogP contribution in [-0.2, 0) is 0 Å². The maximum atomic E-state index is 9.33. The number of hydrogen-bond donors (Lipinski definition) is 2. The van der Waals surface area contributed by atoms with Crippen LogP contribution in [0.3, 0.4) is 0 Å². The number of rotatable bonds is 7. The summed E-state index contributed by atoms with van der Waals surface area (Å²) in [5.74, 6) is 3.08. The maximum absolute atomic E-state index is 9.33. The number of ether oxygens (including phenoxy) is 1. The van der Waals surface area contributed by atoms with Crippen molar-refractivity contribution in [3.05, 3.63) is 47.9 Å². The van der Waals surface area contributed by atoms with Crippen molar-refractivity contribution in [1.82, 2.24) is 9.97 Å². The molecule has 0 radical (unpaired) electrons. The van der Waals surface area contributed by atoms with E-state index in [2.05, 4.69) is 15.3 Å². The first-order valence-corrected chi connectivity index (χ1v) is 7.64. The van der Waals surface area contributed by atoms with Crippen molar-refractivity contribution < 1.29 is 9.84 Å². The third-order valence-electron chi connectivity index (χ3n) is 3.87. The Balaban J connectivity index is 1.76. The monoisotopic (exact) mass is 299 g/mol. The first-order valence-electron chi connectivity index (χ1n) is 7.64. The van der Waals surface area contributed by atoms with Gasteiger partial charge in [-0.25, -0.2) is 9.97 Å². The smallest absolute Gasteiger partial charge is 0.133 e. The zero-order valence-corrected chi connectivity index (χ0v) is 12.7. The van der Waals surface area contributed by atoms with Crippen molar-refractivity contribution in [3.8, 4) is 5.75 Å². The first kappa shape index (κ1) is 14.8. The molecule has 0 aliphatic heterocycles. The van der Waals surface area contributed by atoms with Crippen LogP contribution in [0, 0.1) is 0 Å². The lowest BCUT2D eigenvalue weighted by Gasteiger charge is -2.19. The summed E-state index contributed by atoms with van der Waals surface area (Å²) in [6.45, 7) is 0.115. The molecule has 0 saturated heterocycles. The lowest BCUT2D eigenvalue weighted by molar-refractivity contribution is 0.280. The molecule has 1 unspecified atom stereocenters. The van der Waals surface area contributed by atoms with E-state index in [1.807, 2.05) is 30.3 Å². The van der Waals surface area contributed by atoms with Gasteiger partial charge in [-0.05, 0) is 43.0 Å². The highest BCUT2D eigenvalue weighted by Gasteiger charge is 2.26. The number of nitrogens with one attached hydrogen (secondary N) is 1. The summed E-state index contributed by atoms with van der Waals surface area (Å²) in [6, 6.07) is 9.76. The van der Waals surface area contributed by atoms with Crippen molar-refractivity contribution in [2.45, 2.75) is 31.2 Å². The van der Waals surface area contributed by atoms with Gasteiger partial charge in [0.25, 0.3) is 0 Å². The number of nitrogens with zero attached hydrogens (tertiary/aromatic N) is 2. The average molecular weight is 299 g/mol. The predicted octanol–water partition coefficient (Wildman–Crippen LogP) is 2.90. The van der Waals surface area contributed by atoms with Crippen LogP contribution in [0.1, 0.15) is 42.6 Å². The summed E-state index contributed by atoms with van der Waals surface area (Å²) in [4.78, 5) is 8.92. The summed E-state index contributed by atoms with van der Waals surface area (Å²) in [7, 11) is 1.65. The third-order valence-corrected chi connectivity index (χ3v) is 3.87. The second kappa shape index (κ2) is 6.75. The largest absolute Gasteiger partial charge is 0.497 e. The fraction of sp³-hybridized carbons (Fsp3) is 0.412. The normalized spacial score (nSPS) is 15.4. The summed E-state index contributed by atoms with van der Waals surface area (Å²) >= 11 is 0. The molecule has 3 rings (SSSR count). The highest BCUT2D eigenvalue weighted by Crippen LogP contribution is 2.38. The first-order chi connectivity index (χ1) is 10.8. The topological polar surface area (TPSA) is 67.3 Å². The molecular formula is C17H21N3O2. The highest BCUT2D eigenvalue weighted by atomic mass is 16.5. The molecule has 0 bridgehead atoms. The van der Waals surface area contributed by atoms with Gasteiger partial charge in [-0.15, -0.1) is 0 Å². The Morgan fingerprint density at radius 3 is 2.68 bits per heavy atom. The number of aliphatic hydroxyl groups is 1. The molecule has 1 fully saturated rings. The van der Waals surface area contributed by atoms with E-state index in [1.165, 1.54) is 12.8 Å². The van der Waals surface area contributed by atoms with Gasteiger partial charge in [-0.2, -0.15) is 0 Å². The van der Waals surface area contributed by atoms with Gasteiger partial charge < -0.3 is 15.2 Å². The molecule has 2 aromatic rings. The van der Waals surface area contributed by atoms with Gasteiger partial charge in [-0.3, -0.25) is 0 Å². The van der Waals surface area contributed by atoms with Crippen molar-refractivity contribution in [1.29, 1.82) is 0 Å². The van der Waals surface area contributed by atoms with Crippen LogP contribution in [-0.4, -0.2) is 28.8 Å². The van der Waals surface area contributed by atoms with E-state index in [9.17, 15) is 5.11 Å². The zero-order chi connectivity index (χ0) is 15.4. The van der Waals surface area contributed by atoms with Crippen molar-refractivity contribution >= 4 is 5.82 Å². The second-order valence-electron chi connectivity index (χ2n) is 5.56. The van der Waals surface area contributed by atoms with Gasteiger partial charge in [0.2, 0.25) is 0 Å². The Morgan fingerprint density at radius 2 is 2.05 bits per heavy atom. The molecule has 0 spiro atoms. The van der Waals surface area contributed by atoms with E-state index in [1.54, 1.807) is 13.3 Å². The van der Waals surface area contributed by atoms with E-state index >= 15 is 0 Å². The van der Waals surface area contributed by atoms with Crippen molar-refractivity contribution in [2.24, 2.45) is 0 Å².